The zero-order valence-electron chi connectivity index (χ0n) is 7.61. The molecule has 1 heteroatoms. The summed E-state index contributed by atoms with van der Waals surface area (Å²) in [5, 5.41) is 3.27. The van der Waals surface area contributed by atoms with Gasteiger partial charge in [0.1, 0.15) is 0 Å². The first kappa shape index (κ1) is 9.96. The Hall–Kier alpha value is -0.0400. The van der Waals surface area contributed by atoms with Gasteiger partial charge in [0, 0.05) is 0 Å². The van der Waals surface area contributed by atoms with Crippen LogP contribution in [-0.2, 0) is 0 Å². The van der Waals surface area contributed by atoms with Crippen LogP contribution in [0, 0.1) is 5.92 Å². The minimum Gasteiger partial charge on any atom is -0.316 e. The van der Waals surface area contributed by atoms with Crippen LogP contribution in [0.5, 0.6) is 0 Å². The zero-order valence-corrected chi connectivity index (χ0v) is 7.61. The summed E-state index contributed by atoms with van der Waals surface area (Å²) in [5.41, 5.74) is 0. The minimum absolute atomic E-state index is 0.935. The average Bonchev–Trinajstić information content (AvgIpc) is 2.40. The Morgan fingerprint density at radius 2 is 1.90 bits per heavy atom. The summed E-state index contributed by atoms with van der Waals surface area (Å²) < 4.78 is 0. The highest BCUT2D eigenvalue weighted by Gasteiger charge is 2.06. The average molecular weight is 143 g/mol. The lowest BCUT2D eigenvalue weighted by Crippen LogP contribution is -2.06. The zero-order chi connectivity index (χ0) is 7.82. The number of unbranched alkanes of at least 4 members (excludes halogenated alkanes) is 1. The first-order chi connectivity index (χ1) is 4.81. The molecule has 0 amide bonds. The molecular formula is C9H21N. The molecule has 1 nitrogen and oxygen atoms in total. The molecule has 10 heavy (non-hydrogen) atoms. The monoisotopic (exact) mass is 143 g/mol. The SMILES string of the molecule is CC1CCNC1.CCCC. The Balaban J connectivity index is 0.000000180. The highest BCUT2D eigenvalue weighted by molar-refractivity contribution is 4.65. The third kappa shape index (κ3) is 6.09. The molecule has 1 aliphatic heterocycles. The van der Waals surface area contributed by atoms with Crippen LogP contribution in [0.3, 0.4) is 0 Å². The third-order valence-electron chi connectivity index (χ3n) is 1.81. The maximum absolute atomic E-state index is 3.27. The van der Waals surface area contributed by atoms with Crippen molar-refractivity contribution in [1.82, 2.24) is 5.32 Å². The maximum atomic E-state index is 3.27. The Morgan fingerprint density at radius 1 is 1.30 bits per heavy atom. The first-order valence-electron chi connectivity index (χ1n) is 4.52. The fraction of sp³-hybridized carbons (Fsp3) is 1.00. The van der Waals surface area contributed by atoms with Crippen LogP contribution in [0.4, 0.5) is 0 Å². The number of hydrogen-bond acceptors (Lipinski definition) is 1. The molecular weight excluding hydrogens is 122 g/mol. The van der Waals surface area contributed by atoms with Crippen LogP contribution in [-0.4, -0.2) is 13.1 Å². The van der Waals surface area contributed by atoms with Crippen molar-refractivity contribution in [3.05, 3.63) is 0 Å². The predicted molar refractivity (Wildman–Crippen MR) is 47.2 cm³/mol. The van der Waals surface area contributed by atoms with Crippen LogP contribution in [0.1, 0.15) is 40.0 Å². The molecule has 0 radical (unpaired) electrons. The molecule has 0 saturated carbocycles. The molecule has 1 unspecified atom stereocenters. The largest absolute Gasteiger partial charge is 0.316 e. The highest BCUT2D eigenvalue weighted by atomic mass is 14.9. The van der Waals surface area contributed by atoms with E-state index in [1.54, 1.807) is 0 Å². The quantitative estimate of drug-likeness (QED) is 0.594. The topological polar surface area (TPSA) is 12.0 Å². The summed E-state index contributed by atoms with van der Waals surface area (Å²) in [6.45, 7) is 9.11. The molecule has 0 aromatic rings. The van der Waals surface area contributed by atoms with Gasteiger partial charge in [-0.3, -0.25) is 0 Å². The van der Waals surface area contributed by atoms with Crippen molar-refractivity contribution in [1.29, 1.82) is 0 Å². The van der Waals surface area contributed by atoms with Crippen molar-refractivity contribution in [3.8, 4) is 0 Å². The number of hydrogen-bond donors (Lipinski definition) is 1. The molecule has 0 spiro atoms. The second kappa shape index (κ2) is 7.07. The van der Waals surface area contributed by atoms with Gasteiger partial charge < -0.3 is 5.32 Å². The van der Waals surface area contributed by atoms with Gasteiger partial charge in [0.05, 0.1) is 0 Å². The van der Waals surface area contributed by atoms with Crippen molar-refractivity contribution < 1.29 is 0 Å². The van der Waals surface area contributed by atoms with E-state index < -0.39 is 0 Å². The second-order valence-corrected chi connectivity index (χ2v) is 3.10. The van der Waals surface area contributed by atoms with Crippen LogP contribution in [0.25, 0.3) is 0 Å². The lowest BCUT2D eigenvalue weighted by Gasteiger charge is -1.90. The molecule has 1 saturated heterocycles. The van der Waals surface area contributed by atoms with Gasteiger partial charge >= 0.3 is 0 Å². The fourth-order valence-corrected chi connectivity index (χ4v) is 0.799. The molecule has 0 aromatic heterocycles. The summed E-state index contributed by atoms with van der Waals surface area (Å²) in [6, 6.07) is 0. The summed E-state index contributed by atoms with van der Waals surface area (Å²) in [6.07, 6.45) is 4.01. The van der Waals surface area contributed by atoms with Crippen LogP contribution < -0.4 is 5.32 Å². The normalized spacial score (nSPS) is 23.7. The van der Waals surface area contributed by atoms with E-state index in [0.717, 1.165) is 5.92 Å². The van der Waals surface area contributed by atoms with Gasteiger partial charge in [-0.25, -0.2) is 0 Å². The van der Waals surface area contributed by atoms with Gasteiger partial charge in [0.15, 0.2) is 0 Å². The minimum atomic E-state index is 0.935. The molecule has 0 aromatic carbocycles. The van der Waals surface area contributed by atoms with Gasteiger partial charge in [0.2, 0.25) is 0 Å². The van der Waals surface area contributed by atoms with Crippen LogP contribution >= 0.6 is 0 Å². The van der Waals surface area contributed by atoms with E-state index >= 15 is 0 Å². The van der Waals surface area contributed by atoms with E-state index in [9.17, 15) is 0 Å². The van der Waals surface area contributed by atoms with Gasteiger partial charge in [-0.1, -0.05) is 33.6 Å². The van der Waals surface area contributed by atoms with Crippen LogP contribution in [0.15, 0.2) is 0 Å². The summed E-state index contributed by atoms with van der Waals surface area (Å²) >= 11 is 0. The molecule has 1 heterocycles. The Labute approximate surface area is 65.2 Å². The fourth-order valence-electron chi connectivity index (χ4n) is 0.799. The summed E-state index contributed by atoms with van der Waals surface area (Å²) in [5.74, 6) is 0.935. The summed E-state index contributed by atoms with van der Waals surface area (Å²) in [4.78, 5) is 0. The number of nitrogens with one attached hydrogen (secondary N) is 1. The van der Waals surface area contributed by atoms with Crippen LogP contribution in [0.2, 0.25) is 0 Å². The van der Waals surface area contributed by atoms with Crippen molar-refractivity contribution >= 4 is 0 Å². The predicted octanol–water partition coefficient (Wildman–Crippen LogP) is 2.42. The molecule has 1 aliphatic rings. The lowest BCUT2D eigenvalue weighted by molar-refractivity contribution is 0.651. The highest BCUT2D eigenvalue weighted by Crippen LogP contribution is 2.03. The van der Waals surface area contributed by atoms with Crippen molar-refractivity contribution in [3.63, 3.8) is 0 Å². The summed E-state index contributed by atoms with van der Waals surface area (Å²) in [7, 11) is 0. The molecule has 1 rings (SSSR count). The Morgan fingerprint density at radius 3 is 2.00 bits per heavy atom. The molecule has 0 bridgehead atoms. The van der Waals surface area contributed by atoms with E-state index in [-0.39, 0.29) is 0 Å². The smallest absolute Gasteiger partial charge is 0.00227 e. The Kier molecular flexibility index (Phi) is 7.04. The molecule has 1 atom stereocenters. The van der Waals surface area contributed by atoms with Crippen molar-refractivity contribution in [2.45, 2.75) is 40.0 Å². The molecule has 1 N–H and O–H groups in total. The first-order valence-corrected chi connectivity index (χ1v) is 4.52. The standard InChI is InChI=1S/C5H11N.C4H10/c1-5-2-3-6-4-5;1-3-4-2/h5-6H,2-4H2,1H3;3-4H2,1-2H3. The van der Waals surface area contributed by atoms with Crippen molar-refractivity contribution in [2.75, 3.05) is 13.1 Å². The van der Waals surface area contributed by atoms with Gasteiger partial charge in [-0.15, -0.1) is 0 Å². The molecule has 0 aliphatic carbocycles. The van der Waals surface area contributed by atoms with E-state index in [0.29, 0.717) is 0 Å². The lowest BCUT2D eigenvalue weighted by atomic mass is 10.2. The Bertz CT molecular complexity index is 53.7. The van der Waals surface area contributed by atoms with E-state index in [1.807, 2.05) is 0 Å². The van der Waals surface area contributed by atoms with E-state index in [4.69, 9.17) is 0 Å². The van der Waals surface area contributed by atoms with E-state index in [1.165, 1.54) is 32.4 Å². The third-order valence-corrected chi connectivity index (χ3v) is 1.81. The van der Waals surface area contributed by atoms with E-state index in [2.05, 4.69) is 26.1 Å². The maximum Gasteiger partial charge on any atom is -0.00227 e. The second-order valence-electron chi connectivity index (χ2n) is 3.10. The van der Waals surface area contributed by atoms with Gasteiger partial charge in [-0.2, -0.15) is 0 Å². The van der Waals surface area contributed by atoms with Crippen molar-refractivity contribution in [2.24, 2.45) is 5.92 Å². The number of rotatable bonds is 1. The molecule has 1 fully saturated rings. The van der Waals surface area contributed by atoms with Gasteiger partial charge in [0.25, 0.3) is 0 Å². The van der Waals surface area contributed by atoms with Gasteiger partial charge in [-0.05, 0) is 25.4 Å². The molecule has 62 valence electrons.